The molecule has 5 nitrogen and oxygen atoms in total. The summed E-state index contributed by atoms with van der Waals surface area (Å²) in [5.74, 6) is 0.0711. The Morgan fingerprint density at radius 1 is 1.28 bits per heavy atom. The highest BCUT2D eigenvalue weighted by Gasteiger charge is 2.27. The van der Waals surface area contributed by atoms with Crippen molar-refractivity contribution in [3.63, 3.8) is 0 Å². The van der Waals surface area contributed by atoms with Crippen molar-refractivity contribution in [2.24, 2.45) is 0 Å². The summed E-state index contributed by atoms with van der Waals surface area (Å²) >= 11 is 0. The van der Waals surface area contributed by atoms with Crippen molar-refractivity contribution < 1.29 is 4.79 Å². The second-order valence-corrected chi connectivity index (χ2v) is 6.72. The number of carbonyl (C=O) groups is 1. The maximum Gasteiger partial charge on any atom is 0.270 e. The van der Waals surface area contributed by atoms with Gasteiger partial charge in [-0.2, -0.15) is 0 Å². The van der Waals surface area contributed by atoms with Crippen LogP contribution in [-0.4, -0.2) is 40.4 Å². The summed E-state index contributed by atoms with van der Waals surface area (Å²) in [6.07, 6.45) is 3.63. The van der Waals surface area contributed by atoms with Gasteiger partial charge >= 0.3 is 0 Å². The number of aromatic amines is 1. The maximum absolute atomic E-state index is 13.1. The van der Waals surface area contributed by atoms with Gasteiger partial charge in [-0.05, 0) is 43.2 Å². The Morgan fingerprint density at radius 2 is 2.16 bits per heavy atom. The average Bonchev–Trinajstić information content (AvgIpc) is 2.98. The van der Waals surface area contributed by atoms with Crippen molar-refractivity contribution in [1.82, 2.24) is 20.2 Å². The van der Waals surface area contributed by atoms with Crippen molar-refractivity contribution in [3.8, 4) is 0 Å². The molecule has 2 aromatic heterocycles. The van der Waals surface area contributed by atoms with Gasteiger partial charge in [0.1, 0.15) is 5.69 Å². The number of rotatable bonds is 2. The second kappa shape index (κ2) is 6.33. The van der Waals surface area contributed by atoms with Gasteiger partial charge in [0.2, 0.25) is 0 Å². The fraction of sp³-hybridized carbons (Fsp3) is 0.300. The molecule has 1 atom stereocenters. The molecule has 4 rings (SSSR count). The summed E-state index contributed by atoms with van der Waals surface area (Å²) < 4.78 is 0. The van der Waals surface area contributed by atoms with E-state index in [4.69, 9.17) is 0 Å². The normalized spacial score (nSPS) is 17.8. The van der Waals surface area contributed by atoms with Crippen molar-refractivity contribution in [2.45, 2.75) is 19.9 Å². The number of amides is 1. The first kappa shape index (κ1) is 15.8. The van der Waals surface area contributed by atoms with E-state index in [1.807, 2.05) is 30.2 Å². The fourth-order valence-electron chi connectivity index (χ4n) is 3.55. The third-order valence-corrected chi connectivity index (χ3v) is 4.98. The molecule has 3 aromatic rings. The largest absolute Gasteiger partial charge is 0.350 e. The number of aromatic nitrogens is 2. The number of hydrogen-bond donors (Lipinski definition) is 2. The van der Waals surface area contributed by atoms with Gasteiger partial charge in [0, 0.05) is 42.9 Å². The lowest BCUT2D eigenvalue weighted by atomic mass is 10.1. The smallest absolute Gasteiger partial charge is 0.270 e. The molecule has 1 saturated heterocycles. The molecular formula is C20H22N4O. The van der Waals surface area contributed by atoms with E-state index in [0.29, 0.717) is 18.8 Å². The number of piperazine rings is 1. The first-order chi connectivity index (χ1) is 12.1. The third-order valence-electron chi connectivity index (χ3n) is 4.98. The number of nitrogens with one attached hydrogen (secondary N) is 2. The van der Waals surface area contributed by atoms with E-state index in [-0.39, 0.29) is 11.9 Å². The number of fused-ring (bicyclic) bond motifs is 1. The van der Waals surface area contributed by atoms with Crippen molar-refractivity contribution in [3.05, 3.63) is 65.1 Å². The lowest BCUT2D eigenvalue weighted by Crippen LogP contribution is -2.48. The Hall–Kier alpha value is -2.66. The maximum atomic E-state index is 13.1. The average molecular weight is 334 g/mol. The number of aryl methyl sites for hydroxylation is 2. The lowest BCUT2D eigenvalue weighted by molar-refractivity contribution is 0.0697. The highest BCUT2D eigenvalue weighted by molar-refractivity contribution is 6.01. The first-order valence-electron chi connectivity index (χ1n) is 8.65. The summed E-state index contributed by atoms with van der Waals surface area (Å²) in [4.78, 5) is 22.5. The summed E-state index contributed by atoms with van der Waals surface area (Å²) in [6.45, 7) is 6.24. The third kappa shape index (κ3) is 2.91. The van der Waals surface area contributed by atoms with Crippen LogP contribution in [0.15, 0.2) is 42.7 Å². The molecule has 128 valence electrons. The summed E-state index contributed by atoms with van der Waals surface area (Å²) in [5.41, 5.74) is 5.06. The van der Waals surface area contributed by atoms with Gasteiger partial charge in [-0.1, -0.05) is 17.7 Å². The van der Waals surface area contributed by atoms with Crippen molar-refractivity contribution in [1.29, 1.82) is 0 Å². The summed E-state index contributed by atoms with van der Waals surface area (Å²) in [5, 5.41) is 4.60. The Balaban J connectivity index is 1.61. The minimum Gasteiger partial charge on any atom is -0.350 e. The molecule has 0 aliphatic carbocycles. The molecule has 0 bridgehead atoms. The van der Waals surface area contributed by atoms with Crippen LogP contribution < -0.4 is 5.32 Å². The molecule has 1 fully saturated rings. The van der Waals surface area contributed by atoms with E-state index >= 15 is 0 Å². The number of nitrogens with zero attached hydrogens (tertiary/aromatic N) is 2. The SMILES string of the molecule is Cc1ccc2[nH]c(C(=O)N3CCNC(c4cccnc4)C3)c(C)c2c1. The van der Waals surface area contributed by atoms with Crippen LogP contribution in [0.5, 0.6) is 0 Å². The fourth-order valence-corrected chi connectivity index (χ4v) is 3.55. The highest BCUT2D eigenvalue weighted by Crippen LogP contribution is 2.25. The topological polar surface area (TPSA) is 61.0 Å². The molecule has 0 radical (unpaired) electrons. The van der Waals surface area contributed by atoms with E-state index in [1.54, 1.807) is 6.20 Å². The summed E-state index contributed by atoms with van der Waals surface area (Å²) in [6, 6.07) is 10.4. The van der Waals surface area contributed by atoms with E-state index < -0.39 is 0 Å². The van der Waals surface area contributed by atoms with Crippen LogP contribution >= 0.6 is 0 Å². The number of carbonyl (C=O) groups excluding carboxylic acids is 1. The summed E-state index contributed by atoms with van der Waals surface area (Å²) in [7, 11) is 0. The second-order valence-electron chi connectivity index (χ2n) is 6.72. The van der Waals surface area contributed by atoms with Crippen LogP contribution in [0.4, 0.5) is 0 Å². The molecule has 3 heterocycles. The molecular weight excluding hydrogens is 312 g/mol. The molecule has 25 heavy (non-hydrogen) atoms. The zero-order valence-corrected chi connectivity index (χ0v) is 14.5. The highest BCUT2D eigenvalue weighted by atomic mass is 16.2. The van der Waals surface area contributed by atoms with Crippen LogP contribution in [0.2, 0.25) is 0 Å². The van der Waals surface area contributed by atoms with Gasteiger partial charge in [-0.3, -0.25) is 9.78 Å². The standard InChI is InChI=1S/C20H22N4O/c1-13-5-6-17-16(10-13)14(2)19(23-17)20(25)24-9-8-22-18(12-24)15-4-3-7-21-11-15/h3-7,10-11,18,22-23H,8-9,12H2,1-2H3. The van der Waals surface area contributed by atoms with E-state index in [0.717, 1.165) is 28.6 Å². The number of H-pyrrole nitrogens is 1. The number of benzene rings is 1. The van der Waals surface area contributed by atoms with Crippen LogP contribution in [0, 0.1) is 13.8 Å². The zero-order chi connectivity index (χ0) is 17.4. The molecule has 5 heteroatoms. The molecule has 1 aliphatic heterocycles. The molecule has 1 aliphatic rings. The van der Waals surface area contributed by atoms with Crippen molar-refractivity contribution >= 4 is 16.8 Å². The monoisotopic (exact) mass is 334 g/mol. The van der Waals surface area contributed by atoms with Gasteiger partial charge in [-0.25, -0.2) is 0 Å². The molecule has 1 aromatic carbocycles. The van der Waals surface area contributed by atoms with E-state index in [2.05, 4.69) is 40.4 Å². The lowest BCUT2D eigenvalue weighted by Gasteiger charge is -2.33. The van der Waals surface area contributed by atoms with Crippen LogP contribution in [-0.2, 0) is 0 Å². The minimum absolute atomic E-state index is 0.0711. The Labute approximate surface area is 147 Å². The molecule has 1 unspecified atom stereocenters. The molecule has 0 saturated carbocycles. The minimum atomic E-state index is 0.0711. The van der Waals surface area contributed by atoms with Crippen LogP contribution in [0.1, 0.15) is 33.2 Å². The Kier molecular flexibility index (Phi) is 4.01. The van der Waals surface area contributed by atoms with Gasteiger partial charge in [0.05, 0.1) is 6.04 Å². The molecule has 2 N–H and O–H groups in total. The van der Waals surface area contributed by atoms with Gasteiger partial charge in [0.15, 0.2) is 0 Å². The first-order valence-corrected chi connectivity index (χ1v) is 8.65. The molecule has 1 amide bonds. The van der Waals surface area contributed by atoms with E-state index in [9.17, 15) is 4.79 Å². The van der Waals surface area contributed by atoms with Gasteiger partial charge < -0.3 is 15.2 Å². The van der Waals surface area contributed by atoms with E-state index in [1.165, 1.54) is 5.56 Å². The zero-order valence-electron chi connectivity index (χ0n) is 14.5. The number of pyridine rings is 1. The van der Waals surface area contributed by atoms with Crippen molar-refractivity contribution in [2.75, 3.05) is 19.6 Å². The number of hydrogen-bond acceptors (Lipinski definition) is 3. The van der Waals surface area contributed by atoms with Crippen LogP contribution in [0.25, 0.3) is 10.9 Å². The van der Waals surface area contributed by atoms with Crippen LogP contribution in [0.3, 0.4) is 0 Å². The predicted molar refractivity (Wildman–Crippen MR) is 98.7 cm³/mol. The Morgan fingerprint density at radius 3 is 2.96 bits per heavy atom. The quantitative estimate of drug-likeness (QED) is 0.757. The molecule has 0 spiro atoms. The van der Waals surface area contributed by atoms with Gasteiger partial charge in [-0.15, -0.1) is 0 Å². The van der Waals surface area contributed by atoms with Gasteiger partial charge in [0.25, 0.3) is 5.91 Å². The Bertz CT molecular complexity index is 916. The predicted octanol–water partition coefficient (Wildman–Crippen LogP) is 2.97.